The van der Waals surface area contributed by atoms with Crippen molar-refractivity contribution in [2.45, 2.75) is 24.8 Å². The van der Waals surface area contributed by atoms with E-state index in [1.165, 1.54) is 0 Å². The van der Waals surface area contributed by atoms with E-state index in [0.29, 0.717) is 41.8 Å². The predicted octanol–water partition coefficient (Wildman–Crippen LogP) is 5.73. The molecule has 6 nitrogen and oxygen atoms in total. The summed E-state index contributed by atoms with van der Waals surface area (Å²) in [4.78, 5) is 26.1. The van der Waals surface area contributed by atoms with Crippen LogP contribution in [0.25, 0.3) is 0 Å². The van der Waals surface area contributed by atoms with Crippen LogP contribution in [0.15, 0.2) is 77.7 Å². The first-order chi connectivity index (χ1) is 16.5. The summed E-state index contributed by atoms with van der Waals surface area (Å²) >= 11 is 7.27. The molecule has 0 saturated heterocycles. The number of hydrogen-bond donors (Lipinski definition) is 1. The fourth-order valence-electron chi connectivity index (χ4n) is 3.18. The molecule has 0 unspecified atom stereocenters. The number of rotatable bonds is 12. The fraction of sp³-hybridized carbons (Fsp3) is 0.231. The minimum absolute atomic E-state index is 0.0552. The van der Waals surface area contributed by atoms with E-state index in [-0.39, 0.29) is 18.1 Å². The van der Waals surface area contributed by atoms with Gasteiger partial charge >= 0.3 is 5.97 Å². The topological polar surface area (TPSA) is 76.1 Å². The average Bonchev–Trinajstić information content (AvgIpc) is 2.85. The first-order valence-electron chi connectivity index (χ1n) is 10.8. The third-order valence-electron chi connectivity index (χ3n) is 5.08. The van der Waals surface area contributed by atoms with Crippen LogP contribution in [0.5, 0.6) is 5.75 Å². The lowest BCUT2D eigenvalue weighted by atomic mass is 10.1. The maximum atomic E-state index is 12.6. The highest BCUT2D eigenvalue weighted by molar-refractivity contribution is 7.94. The lowest BCUT2D eigenvalue weighted by molar-refractivity contribution is -0.133. The summed E-state index contributed by atoms with van der Waals surface area (Å²) in [6.45, 7) is 3.28. The van der Waals surface area contributed by atoms with Crippen molar-refractivity contribution in [3.05, 3.63) is 94.5 Å². The standard InChI is InChI=1S/C26H26ClNO5S/c1-2-28(17-20-7-3-5-9-23(20)27)25(29)18-32-21-13-11-19(12-14-21)15-16-33-34-24-10-6-4-8-22(24)26(30)31/h3-14H,2,15-18H2,1H3,(H,30,31). The van der Waals surface area contributed by atoms with Crippen molar-refractivity contribution >= 4 is 35.5 Å². The SMILES string of the molecule is CCN(Cc1ccccc1Cl)C(=O)COc1ccc(CCOSc2ccccc2C(=O)O)cc1. The van der Waals surface area contributed by atoms with E-state index < -0.39 is 5.97 Å². The summed E-state index contributed by atoms with van der Waals surface area (Å²) < 4.78 is 11.3. The van der Waals surface area contributed by atoms with Gasteiger partial charge < -0.3 is 18.9 Å². The summed E-state index contributed by atoms with van der Waals surface area (Å²) in [7, 11) is 0. The van der Waals surface area contributed by atoms with Gasteiger partial charge in [-0.3, -0.25) is 4.79 Å². The Morgan fingerprint density at radius 2 is 1.71 bits per heavy atom. The third-order valence-corrected chi connectivity index (χ3v) is 6.27. The maximum absolute atomic E-state index is 12.6. The molecule has 3 aromatic rings. The smallest absolute Gasteiger partial charge is 0.336 e. The maximum Gasteiger partial charge on any atom is 0.336 e. The van der Waals surface area contributed by atoms with E-state index in [1.807, 2.05) is 55.5 Å². The van der Waals surface area contributed by atoms with Gasteiger partial charge in [0.05, 0.1) is 12.2 Å². The van der Waals surface area contributed by atoms with Crippen LogP contribution in [0.1, 0.15) is 28.4 Å². The van der Waals surface area contributed by atoms with Crippen LogP contribution in [-0.2, 0) is 21.9 Å². The van der Waals surface area contributed by atoms with E-state index in [2.05, 4.69) is 0 Å². The van der Waals surface area contributed by atoms with Crippen molar-refractivity contribution < 1.29 is 23.6 Å². The summed E-state index contributed by atoms with van der Waals surface area (Å²) in [6, 6.07) is 21.7. The number of hydrogen-bond acceptors (Lipinski definition) is 5. The molecule has 0 aliphatic heterocycles. The molecule has 0 heterocycles. The summed E-state index contributed by atoms with van der Waals surface area (Å²) in [5.41, 5.74) is 2.16. The van der Waals surface area contributed by atoms with E-state index in [0.717, 1.165) is 23.2 Å². The minimum Gasteiger partial charge on any atom is -0.484 e. The second-order valence-electron chi connectivity index (χ2n) is 7.39. The van der Waals surface area contributed by atoms with Gasteiger partial charge in [-0.05, 0) is 54.8 Å². The van der Waals surface area contributed by atoms with Crippen molar-refractivity contribution in [3.8, 4) is 5.75 Å². The van der Waals surface area contributed by atoms with Crippen LogP contribution in [0.2, 0.25) is 5.02 Å². The van der Waals surface area contributed by atoms with Crippen molar-refractivity contribution in [2.24, 2.45) is 0 Å². The largest absolute Gasteiger partial charge is 0.484 e. The number of carbonyl (C=O) groups excluding carboxylic acids is 1. The number of benzene rings is 3. The van der Waals surface area contributed by atoms with E-state index in [1.54, 1.807) is 29.2 Å². The van der Waals surface area contributed by atoms with Crippen LogP contribution in [0.3, 0.4) is 0 Å². The number of ether oxygens (including phenoxy) is 1. The van der Waals surface area contributed by atoms with E-state index in [9.17, 15) is 14.7 Å². The molecular weight excluding hydrogens is 474 g/mol. The number of likely N-dealkylation sites (N-methyl/N-ethyl adjacent to an activating group) is 1. The second-order valence-corrected chi connectivity index (χ2v) is 8.64. The molecular formula is C26H26ClNO5S. The summed E-state index contributed by atoms with van der Waals surface area (Å²) in [6.07, 6.45) is 0.656. The second kappa shape index (κ2) is 13.0. The molecule has 0 aromatic heterocycles. The van der Waals surface area contributed by atoms with Gasteiger partial charge in [0.25, 0.3) is 5.91 Å². The lowest BCUT2D eigenvalue weighted by Gasteiger charge is -2.21. The van der Waals surface area contributed by atoms with Crippen molar-refractivity contribution in [3.63, 3.8) is 0 Å². The van der Waals surface area contributed by atoms with Crippen molar-refractivity contribution in [1.29, 1.82) is 0 Å². The Hall–Kier alpha value is -3.00. The van der Waals surface area contributed by atoms with Crippen LogP contribution in [0, 0.1) is 0 Å². The highest BCUT2D eigenvalue weighted by atomic mass is 35.5. The Labute approximate surface area is 208 Å². The fourth-order valence-corrected chi connectivity index (χ4v) is 4.05. The number of halogens is 1. The molecule has 0 aliphatic carbocycles. The number of aromatic carboxylic acids is 1. The van der Waals surface area contributed by atoms with Crippen LogP contribution < -0.4 is 4.74 Å². The molecule has 0 atom stereocenters. The van der Waals surface area contributed by atoms with Crippen molar-refractivity contribution in [2.75, 3.05) is 19.8 Å². The van der Waals surface area contributed by atoms with Gasteiger partial charge in [-0.25, -0.2) is 4.79 Å². The zero-order valence-corrected chi connectivity index (χ0v) is 20.3. The lowest BCUT2D eigenvalue weighted by Crippen LogP contribution is -2.34. The number of amides is 1. The Bertz CT molecular complexity index is 1110. The Morgan fingerprint density at radius 1 is 1.00 bits per heavy atom. The van der Waals surface area contributed by atoms with Gasteiger partial charge in [-0.2, -0.15) is 0 Å². The van der Waals surface area contributed by atoms with E-state index >= 15 is 0 Å². The zero-order chi connectivity index (χ0) is 24.3. The zero-order valence-electron chi connectivity index (χ0n) is 18.8. The van der Waals surface area contributed by atoms with Gasteiger partial charge in [0.2, 0.25) is 0 Å². The molecule has 8 heteroatoms. The molecule has 0 saturated carbocycles. The predicted molar refractivity (Wildman–Crippen MR) is 133 cm³/mol. The van der Waals surface area contributed by atoms with Crippen LogP contribution in [-0.4, -0.2) is 41.6 Å². The normalized spacial score (nSPS) is 10.6. The minimum atomic E-state index is -0.980. The molecule has 1 N–H and O–H groups in total. The molecule has 0 spiro atoms. The first kappa shape index (κ1) is 25.6. The molecule has 3 rings (SSSR count). The molecule has 0 bridgehead atoms. The van der Waals surface area contributed by atoms with Crippen molar-refractivity contribution in [1.82, 2.24) is 4.90 Å². The Morgan fingerprint density at radius 3 is 2.41 bits per heavy atom. The summed E-state index contributed by atoms with van der Waals surface area (Å²) in [5, 5.41) is 9.85. The number of carboxylic acid groups (broad SMARTS) is 1. The quantitative estimate of drug-likeness (QED) is 0.253. The average molecular weight is 500 g/mol. The van der Waals surface area contributed by atoms with Gasteiger partial charge in [-0.15, -0.1) is 0 Å². The van der Waals surface area contributed by atoms with Crippen LogP contribution in [0.4, 0.5) is 0 Å². The molecule has 34 heavy (non-hydrogen) atoms. The van der Waals surface area contributed by atoms with Crippen LogP contribution >= 0.6 is 23.6 Å². The highest BCUT2D eigenvalue weighted by Crippen LogP contribution is 2.24. The number of carbonyl (C=O) groups is 2. The molecule has 178 valence electrons. The van der Waals surface area contributed by atoms with Gasteiger partial charge in [0.1, 0.15) is 5.75 Å². The Kier molecular flexibility index (Phi) is 9.82. The highest BCUT2D eigenvalue weighted by Gasteiger charge is 2.14. The molecule has 0 radical (unpaired) electrons. The molecule has 3 aromatic carbocycles. The molecule has 0 fully saturated rings. The van der Waals surface area contributed by atoms with Gasteiger partial charge in [0.15, 0.2) is 6.61 Å². The Balaban J connectivity index is 1.43. The third kappa shape index (κ3) is 7.52. The summed E-state index contributed by atoms with van der Waals surface area (Å²) in [5.74, 6) is -0.484. The first-order valence-corrected chi connectivity index (χ1v) is 11.9. The monoisotopic (exact) mass is 499 g/mol. The number of carboxylic acids is 1. The van der Waals surface area contributed by atoms with Gasteiger partial charge in [0, 0.05) is 35.1 Å². The van der Waals surface area contributed by atoms with Gasteiger partial charge in [-0.1, -0.05) is 54.1 Å². The van der Waals surface area contributed by atoms with E-state index in [4.69, 9.17) is 20.5 Å². The molecule has 0 aliphatic rings. The molecule has 1 amide bonds. The number of nitrogens with zero attached hydrogens (tertiary/aromatic N) is 1.